The Morgan fingerprint density at radius 2 is 1.70 bits per heavy atom. The summed E-state index contributed by atoms with van der Waals surface area (Å²) < 4.78 is 51.7. The number of nitrogens with zero attached hydrogens (tertiary/aromatic N) is 4. The van der Waals surface area contributed by atoms with Gasteiger partial charge >= 0.3 is 6.01 Å². The summed E-state index contributed by atoms with van der Waals surface area (Å²) in [7, 11) is 0. The average molecular weight is 549 g/mol. The third-order valence-corrected chi connectivity index (χ3v) is 9.59. The predicted molar refractivity (Wildman–Crippen MR) is 147 cm³/mol. The van der Waals surface area contributed by atoms with Gasteiger partial charge in [-0.2, -0.15) is 9.97 Å². The molecule has 0 unspecified atom stereocenters. The van der Waals surface area contributed by atoms with Crippen molar-refractivity contribution in [3.8, 4) is 17.1 Å². The highest BCUT2D eigenvalue weighted by atomic mass is 19.2. The monoisotopic (exact) mass is 548 g/mol. The highest BCUT2D eigenvalue weighted by Crippen LogP contribution is 2.41. The van der Waals surface area contributed by atoms with Crippen molar-refractivity contribution in [1.29, 1.82) is 0 Å². The van der Waals surface area contributed by atoms with Crippen LogP contribution in [0.3, 0.4) is 0 Å². The molecular weight excluding hydrogens is 517 g/mol. The van der Waals surface area contributed by atoms with Crippen molar-refractivity contribution in [3.05, 3.63) is 47.9 Å². The van der Waals surface area contributed by atoms with Crippen LogP contribution >= 0.6 is 0 Å². The molecule has 6 heterocycles. The van der Waals surface area contributed by atoms with E-state index in [9.17, 15) is 8.78 Å². The first kappa shape index (κ1) is 24.4. The molecular formula is C30H31F3N6O. The Balaban J connectivity index is 1.25. The first-order chi connectivity index (χ1) is 19.5. The van der Waals surface area contributed by atoms with Gasteiger partial charge in [0.05, 0.1) is 5.54 Å². The molecule has 4 aromatic rings. The Morgan fingerprint density at radius 1 is 0.925 bits per heavy atom. The van der Waals surface area contributed by atoms with Crippen molar-refractivity contribution in [2.45, 2.75) is 56.1 Å². The van der Waals surface area contributed by atoms with Gasteiger partial charge in [-0.15, -0.1) is 0 Å². The Kier molecular flexibility index (Phi) is 5.54. The van der Waals surface area contributed by atoms with Crippen LogP contribution < -0.4 is 15.0 Å². The van der Waals surface area contributed by atoms with Gasteiger partial charge in [0.25, 0.3) is 0 Å². The molecule has 2 N–H and O–H groups in total. The minimum Gasteiger partial charge on any atom is -0.461 e. The van der Waals surface area contributed by atoms with E-state index in [0.717, 1.165) is 70.8 Å². The number of aromatic amines is 1. The molecule has 0 spiro atoms. The Hall–Kier alpha value is -3.37. The van der Waals surface area contributed by atoms with Gasteiger partial charge in [0.15, 0.2) is 17.5 Å². The fourth-order valence-electron chi connectivity index (χ4n) is 7.64. The van der Waals surface area contributed by atoms with E-state index in [4.69, 9.17) is 9.72 Å². The molecule has 2 bridgehead atoms. The SMILES string of the molecule is Fc1ccc2[nH]cc(-c3ccc4c(N5C[C@H]6CC[C@@H](C5)N6)nc(OCC56CCCN5CCC6)nc4c3F)c2c1F. The summed E-state index contributed by atoms with van der Waals surface area (Å²) in [6.07, 6.45) is 8.18. The number of benzene rings is 2. The zero-order valence-corrected chi connectivity index (χ0v) is 22.2. The van der Waals surface area contributed by atoms with Crippen LogP contribution in [-0.4, -0.2) is 70.3 Å². The zero-order chi connectivity index (χ0) is 27.0. The molecule has 4 saturated heterocycles. The van der Waals surface area contributed by atoms with Crippen LogP contribution in [0.15, 0.2) is 30.5 Å². The lowest BCUT2D eigenvalue weighted by Crippen LogP contribution is -2.51. The largest absolute Gasteiger partial charge is 0.461 e. The predicted octanol–water partition coefficient (Wildman–Crippen LogP) is 5.14. The van der Waals surface area contributed by atoms with E-state index in [1.165, 1.54) is 12.3 Å². The maximum atomic E-state index is 16.4. The maximum Gasteiger partial charge on any atom is 0.319 e. The molecule has 2 atom stereocenters. The molecule has 7 nitrogen and oxygen atoms in total. The number of hydrogen-bond donors (Lipinski definition) is 2. The van der Waals surface area contributed by atoms with Gasteiger partial charge in [-0.25, -0.2) is 13.2 Å². The number of rotatable bonds is 5. The summed E-state index contributed by atoms with van der Waals surface area (Å²) in [5, 5.41) is 4.24. The van der Waals surface area contributed by atoms with Crippen molar-refractivity contribution < 1.29 is 17.9 Å². The van der Waals surface area contributed by atoms with E-state index in [0.29, 0.717) is 35.4 Å². The van der Waals surface area contributed by atoms with Gasteiger partial charge in [0, 0.05) is 58.8 Å². The molecule has 2 aromatic carbocycles. The van der Waals surface area contributed by atoms with Gasteiger partial charge in [-0.3, -0.25) is 4.90 Å². The smallest absolute Gasteiger partial charge is 0.319 e. The van der Waals surface area contributed by atoms with Gasteiger partial charge in [-0.05, 0) is 69.8 Å². The fourth-order valence-corrected chi connectivity index (χ4v) is 7.64. The number of aromatic nitrogens is 3. The van der Waals surface area contributed by atoms with E-state index < -0.39 is 17.5 Å². The van der Waals surface area contributed by atoms with Crippen molar-refractivity contribution in [2.75, 3.05) is 37.7 Å². The molecule has 0 amide bonds. The number of halogens is 3. The molecule has 4 aliphatic rings. The van der Waals surface area contributed by atoms with Gasteiger partial charge in [-0.1, -0.05) is 6.07 Å². The van der Waals surface area contributed by atoms with E-state index in [1.54, 1.807) is 12.1 Å². The number of anilines is 1. The standard InChI is InChI=1S/C30H31F3N6O/c31-22-7-8-23-24(26(22)33)21(13-34-23)19-5-6-20-27(25(19)32)36-29(40-16-30-9-1-11-39(30)12-2-10-30)37-28(20)38-14-17-3-4-18(15-38)35-17/h5-8,13,17-18,34-35H,1-4,9-12,14-16H2/t17-,18+. The van der Waals surface area contributed by atoms with Crippen molar-refractivity contribution >= 4 is 27.6 Å². The highest BCUT2D eigenvalue weighted by Gasteiger charge is 2.45. The Bertz CT molecular complexity index is 1620. The van der Waals surface area contributed by atoms with Crippen LogP contribution in [0, 0.1) is 17.5 Å². The van der Waals surface area contributed by atoms with Crippen LogP contribution in [0.25, 0.3) is 32.9 Å². The van der Waals surface area contributed by atoms with Gasteiger partial charge in [0.2, 0.25) is 0 Å². The lowest BCUT2D eigenvalue weighted by molar-refractivity contribution is 0.108. The van der Waals surface area contributed by atoms with Crippen molar-refractivity contribution in [3.63, 3.8) is 0 Å². The molecule has 8 rings (SSSR count). The normalized spacial score (nSPS) is 23.9. The number of H-pyrrole nitrogens is 1. The average Bonchev–Trinajstić information content (AvgIpc) is 3.73. The molecule has 4 fully saturated rings. The summed E-state index contributed by atoms with van der Waals surface area (Å²) in [4.78, 5) is 17.1. The molecule has 10 heteroatoms. The third-order valence-electron chi connectivity index (χ3n) is 9.59. The van der Waals surface area contributed by atoms with Gasteiger partial charge in [0.1, 0.15) is 17.9 Å². The second kappa shape index (κ2) is 9.07. The van der Waals surface area contributed by atoms with E-state index in [1.807, 2.05) is 0 Å². The number of hydrogen-bond acceptors (Lipinski definition) is 6. The summed E-state index contributed by atoms with van der Waals surface area (Å²) in [6, 6.07) is 6.82. The first-order valence-electron chi connectivity index (χ1n) is 14.3. The number of piperazine rings is 1. The second-order valence-electron chi connectivity index (χ2n) is 11.9. The van der Waals surface area contributed by atoms with E-state index >= 15 is 4.39 Å². The molecule has 0 radical (unpaired) electrons. The third kappa shape index (κ3) is 3.72. The van der Waals surface area contributed by atoms with Crippen LogP contribution in [0.1, 0.15) is 38.5 Å². The van der Waals surface area contributed by atoms with Crippen LogP contribution in [-0.2, 0) is 0 Å². The number of fused-ring (bicyclic) bond motifs is 5. The van der Waals surface area contributed by atoms with E-state index in [-0.39, 0.29) is 33.6 Å². The van der Waals surface area contributed by atoms with Crippen LogP contribution in [0.5, 0.6) is 6.01 Å². The molecule has 208 valence electrons. The van der Waals surface area contributed by atoms with E-state index in [2.05, 4.69) is 25.1 Å². The maximum absolute atomic E-state index is 16.4. The quantitative estimate of drug-likeness (QED) is 0.360. The van der Waals surface area contributed by atoms with Crippen molar-refractivity contribution in [2.24, 2.45) is 0 Å². The lowest BCUT2D eigenvalue weighted by atomic mass is 9.95. The minimum atomic E-state index is -1.01. The Labute approximate surface area is 229 Å². The summed E-state index contributed by atoms with van der Waals surface area (Å²) in [5.41, 5.74) is 0.922. The second-order valence-corrected chi connectivity index (χ2v) is 11.9. The number of ether oxygens (including phenoxy) is 1. The number of nitrogens with one attached hydrogen (secondary N) is 2. The van der Waals surface area contributed by atoms with Crippen LogP contribution in [0.2, 0.25) is 0 Å². The topological polar surface area (TPSA) is 69.3 Å². The molecule has 0 aliphatic carbocycles. The fraction of sp³-hybridized carbons (Fsp3) is 0.467. The molecule has 40 heavy (non-hydrogen) atoms. The summed E-state index contributed by atoms with van der Waals surface area (Å²) in [6.45, 7) is 4.18. The summed E-state index contributed by atoms with van der Waals surface area (Å²) >= 11 is 0. The van der Waals surface area contributed by atoms with Crippen molar-refractivity contribution in [1.82, 2.24) is 25.2 Å². The summed E-state index contributed by atoms with van der Waals surface area (Å²) in [5.74, 6) is -1.92. The van der Waals surface area contributed by atoms with Gasteiger partial charge < -0.3 is 19.9 Å². The molecule has 4 aliphatic heterocycles. The van der Waals surface area contributed by atoms with Crippen LogP contribution in [0.4, 0.5) is 19.0 Å². The Morgan fingerprint density at radius 3 is 2.48 bits per heavy atom. The zero-order valence-electron chi connectivity index (χ0n) is 22.2. The molecule has 2 aromatic heterocycles. The molecule has 0 saturated carbocycles. The minimum absolute atomic E-state index is 0.00133. The highest BCUT2D eigenvalue weighted by molar-refractivity contribution is 6.00. The lowest BCUT2D eigenvalue weighted by Gasteiger charge is -2.34. The first-order valence-corrected chi connectivity index (χ1v) is 14.3.